The summed E-state index contributed by atoms with van der Waals surface area (Å²) in [7, 11) is 1.93. The van der Waals surface area contributed by atoms with Crippen LogP contribution in [-0.4, -0.2) is 29.0 Å². The molecule has 1 aliphatic rings. The van der Waals surface area contributed by atoms with Gasteiger partial charge < -0.3 is 15.0 Å². The van der Waals surface area contributed by atoms with Crippen LogP contribution >= 0.6 is 13.5 Å². The molecule has 4 rings (SSSR count). The van der Waals surface area contributed by atoms with Crippen molar-refractivity contribution >= 4 is 30.8 Å². The number of pyridine rings is 2. The Hall–Kier alpha value is -3.13. The third-order valence-corrected chi connectivity index (χ3v) is 5.59. The molecule has 0 fully saturated rings. The number of halogens is 1. The molecular weight excluding hydrogens is 427 g/mol. The molecule has 1 atom stereocenters. The van der Waals surface area contributed by atoms with Gasteiger partial charge in [-0.3, -0.25) is 9.78 Å². The van der Waals surface area contributed by atoms with Gasteiger partial charge in [0.05, 0.1) is 17.1 Å². The molecule has 0 saturated heterocycles. The molecule has 1 amide bonds. The maximum Gasteiger partial charge on any atom is 0.246 e. The second kappa shape index (κ2) is 9.99. The summed E-state index contributed by atoms with van der Waals surface area (Å²) in [6, 6.07) is 11.9. The van der Waals surface area contributed by atoms with Crippen LogP contribution in [0.2, 0.25) is 0 Å². The Balaban J connectivity index is 0.00000289. The fourth-order valence-corrected chi connectivity index (χ4v) is 3.55. The summed E-state index contributed by atoms with van der Waals surface area (Å²) in [5.41, 5.74) is 5.55. The topological polar surface area (TPSA) is 67.4 Å². The van der Waals surface area contributed by atoms with Crippen LogP contribution in [0, 0.1) is 12.7 Å². The predicted octanol–water partition coefficient (Wildman–Crippen LogP) is 4.18. The highest BCUT2D eigenvalue weighted by atomic mass is 32.1. The van der Waals surface area contributed by atoms with Gasteiger partial charge in [0, 0.05) is 25.0 Å². The number of anilines is 2. The number of aryl methyl sites for hydroxylation is 3. The summed E-state index contributed by atoms with van der Waals surface area (Å²) in [5.74, 6) is 0.253. The molecule has 3 aromatic rings. The lowest BCUT2D eigenvalue weighted by Gasteiger charge is -2.34. The Bertz CT molecular complexity index is 1090. The number of ether oxygens (including phenoxy) is 1. The number of benzene rings is 1. The summed E-state index contributed by atoms with van der Waals surface area (Å²) in [5, 5.41) is 2.96. The molecule has 0 unspecified atom stereocenters. The standard InChI is InChI=1S/C24H25FN4O2.H2S/c1-15-23-21(29(3)16(2)24(30)28-23)12-20(27-15)10-6-17-7-11-22(26-13-17)31-14-18-4-8-19(25)9-5-18;/h4-5,7-9,11-13,16H,6,10,14H2,1-3H3,(H,28,30);1H2/t16-;/m0./s1. The highest BCUT2D eigenvalue weighted by Crippen LogP contribution is 2.33. The minimum Gasteiger partial charge on any atom is -0.473 e. The van der Waals surface area contributed by atoms with E-state index in [-0.39, 0.29) is 31.3 Å². The molecule has 1 aliphatic heterocycles. The van der Waals surface area contributed by atoms with Crippen molar-refractivity contribution in [1.82, 2.24) is 9.97 Å². The van der Waals surface area contributed by atoms with Crippen LogP contribution in [0.25, 0.3) is 0 Å². The molecule has 3 heterocycles. The van der Waals surface area contributed by atoms with E-state index < -0.39 is 0 Å². The first-order valence-electron chi connectivity index (χ1n) is 10.3. The van der Waals surface area contributed by atoms with Gasteiger partial charge in [0.15, 0.2) is 0 Å². The highest BCUT2D eigenvalue weighted by Gasteiger charge is 2.28. The number of nitrogens with zero attached hydrogens (tertiary/aromatic N) is 3. The first-order valence-corrected chi connectivity index (χ1v) is 10.3. The zero-order chi connectivity index (χ0) is 22.0. The van der Waals surface area contributed by atoms with Gasteiger partial charge in [-0.2, -0.15) is 13.5 Å². The van der Waals surface area contributed by atoms with Crippen LogP contribution < -0.4 is 15.0 Å². The van der Waals surface area contributed by atoms with Gasteiger partial charge in [-0.05, 0) is 56.0 Å². The van der Waals surface area contributed by atoms with E-state index in [1.807, 2.05) is 44.0 Å². The SMILES string of the molecule is Cc1nc(CCc2ccc(OCc3ccc(F)cc3)nc2)cc2c1NC(=O)[C@H](C)N2C.S. The number of aromatic nitrogens is 2. The van der Waals surface area contributed by atoms with Gasteiger partial charge in [0.25, 0.3) is 0 Å². The van der Waals surface area contributed by atoms with Gasteiger partial charge in [0.2, 0.25) is 11.8 Å². The van der Waals surface area contributed by atoms with E-state index in [4.69, 9.17) is 4.74 Å². The van der Waals surface area contributed by atoms with E-state index in [2.05, 4.69) is 15.3 Å². The lowest BCUT2D eigenvalue weighted by Crippen LogP contribution is -2.44. The Morgan fingerprint density at radius 3 is 2.53 bits per heavy atom. The Morgan fingerprint density at radius 2 is 1.84 bits per heavy atom. The lowest BCUT2D eigenvalue weighted by molar-refractivity contribution is -0.117. The number of amides is 1. The molecule has 0 saturated carbocycles. The Labute approximate surface area is 194 Å². The molecule has 0 radical (unpaired) electrons. The van der Waals surface area contributed by atoms with E-state index in [0.717, 1.165) is 46.7 Å². The Kier molecular flexibility index (Phi) is 7.35. The van der Waals surface area contributed by atoms with Crippen LogP contribution in [0.15, 0.2) is 48.7 Å². The molecule has 0 aliphatic carbocycles. The van der Waals surface area contributed by atoms with Crippen molar-refractivity contribution in [1.29, 1.82) is 0 Å². The minimum absolute atomic E-state index is 0. The first-order chi connectivity index (χ1) is 14.9. The zero-order valence-electron chi connectivity index (χ0n) is 18.4. The third kappa shape index (κ3) is 5.19. The maximum atomic E-state index is 13.0. The number of carbonyl (C=O) groups is 1. The number of hydrogen-bond donors (Lipinski definition) is 1. The number of hydrogen-bond acceptors (Lipinski definition) is 5. The highest BCUT2D eigenvalue weighted by molar-refractivity contribution is 7.59. The average molecular weight is 455 g/mol. The van der Waals surface area contributed by atoms with Crippen LogP contribution in [0.5, 0.6) is 5.88 Å². The molecule has 0 bridgehead atoms. The minimum atomic E-state index is -0.263. The van der Waals surface area contributed by atoms with Crippen molar-refractivity contribution in [3.63, 3.8) is 0 Å². The summed E-state index contributed by atoms with van der Waals surface area (Å²) >= 11 is 0. The fourth-order valence-electron chi connectivity index (χ4n) is 3.55. The van der Waals surface area contributed by atoms with E-state index in [9.17, 15) is 9.18 Å². The van der Waals surface area contributed by atoms with Crippen molar-refractivity contribution in [2.75, 3.05) is 17.3 Å². The number of fused-ring (bicyclic) bond motifs is 1. The third-order valence-electron chi connectivity index (χ3n) is 5.59. The zero-order valence-corrected chi connectivity index (χ0v) is 19.4. The number of likely N-dealkylation sites (N-methyl/N-ethyl adjacent to an activating group) is 1. The predicted molar refractivity (Wildman–Crippen MR) is 128 cm³/mol. The monoisotopic (exact) mass is 454 g/mol. The van der Waals surface area contributed by atoms with Crippen molar-refractivity contribution in [3.05, 3.63) is 77.0 Å². The van der Waals surface area contributed by atoms with Crippen molar-refractivity contribution in [3.8, 4) is 5.88 Å². The molecule has 8 heteroatoms. The second-order valence-corrected chi connectivity index (χ2v) is 7.79. The van der Waals surface area contributed by atoms with Gasteiger partial charge in [-0.15, -0.1) is 0 Å². The number of carbonyl (C=O) groups excluding carboxylic acids is 1. The summed E-state index contributed by atoms with van der Waals surface area (Å²) in [4.78, 5) is 23.1. The molecule has 32 heavy (non-hydrogen) atoms. The van der Waals surface area contributed by atoms with E-state index in [0.29, 0.717) is 12.5 Å². The Morgan fingerprint density at radius 1 is 1.12 bits per heavy atom. The summed E-state index contributed by atoms with van der Waals surface area (Å²) < 4.78 is 18.6. The summed E-state index contributed by atoms with van der Waals surface area (Å²) in [6.07, 6.45) is 3.36. The van der Waals surface area contributed by atoms with Crippen LogP contribution in [-0.2, 0) is 24.2 Å². The number of rotatable bonds is 6. The molecule has 168 valence electrons. The summed E-state index contributed by atoms with van der Waals surface area (Å²) in [6.45, 7) is 4.15. The van der Waals surface area contributed by atoms with E-state index in [1.54, 1.807) is 18.3 Å². The van der Waals surface area contributed by atoms with Crippen molar-refractivity contribution in [2.24, 2.45) is 0 Å². The average Bonchev–Trinajstić information content (AvgIpc) is 2.77. The second-order valence-electron chi connectivity index (χ2n) is 7.79. The molecule has 2 aromatic heterocycles. The van der Waals surface area contributed by atoms with E-state index in [1.165, 1.54) is 12.1 Å². The van der Waals surface area contributed by atoms with Gasteiger partial charge in [-0.1, -0.05) is 18.2 Å². The molecule has 6 nitrogen and oxygen atoms in total. The molecule has 0 spiro atoms. The fraction of sp³-hybridized carbons (Fsp3) is 0.292. The molecule has 1 aromatic carbocycles. The smallest absolute Gasteiger partial charge is 0.246 e. The van der Waals surface area contributed by atoms with Gasteiger partial charge >= 0.3 is 0 Å². The molecule has 1 N–H and O–H groups in total. The molecular formula is C24H27FN4O2S. The van der Waals surface area contributed by atoms with Crippen LogP contribution in [0.1, 0.15) is 29.4 Å². The van der Waals surface area contributed by atoms with Gasteiger partial charge in [0.1, 0.15) is 18.5 Å². The number of nitrogens with one attached hydrogen (secondary N) is 1. The quantitative estimate of drug-likeness (QED) is 0.605. The van der Waals surface area contributed by atoms with Crippen LogP contribution in [0.4, 0.5) is 15.8 Å². The lowest BCUT2D eigenvalue weighted by atomic mass is 10.1. The van der Waals surface area contributed by atoms with Crippen LogP contribution in [0.3, 0.4) is 0 Å². The van der Waals surface area contributed by atoms with Crippen molar-refractivity contribution < 1.29 is 13.9 Å². The normalized spacial score (nSPS) is 14.9. The maximum absolute atomic E-state index is 13.0. The van der Waals surface area contributed by atoms with Crippen molar-refractivity contribution in [2.45, 2.75) is 39.3 Å². The van der Waals surface area contributed by atoms with Gasteiger partial charge in [-0.25, -0.2) is 9.37 Å². The first kappa shape index (κ1) is 23.5. The van der Waals surface area contributed by atoms with E-state index >= 15 is 0 Å². The largest absolute Gasteiger partial charge is 0.473 e.